The minimum Gasteiger partial charge on any atom is -0.310 e. The second-order valence-corrected chi connectivity index (χ2v) is 21.4. The van der Waals surface area contributed by atoms with Crippen molar-refractivity contribution < 1.29 is 0 Å². The molecule has 0 bridgehead atoms. The monoisotopic (exact) mass is 970 g/mol. The van der Waals surface area contributed by atoms with E-state index in [4.69, 9.17) is 9.97 Å². The molecule has 6 heterocycles. The molecule has 77 heavy (non-hydrogen) atoms. The molecule has 4 aromatic heterocycles. The zero-order valence-electron chi connectivity index (χ0n) is 41.4. The largest absolute Gasteiger partial charge is 0.310 e. The number of pyridine rings is 2. The summed E-state index contributed by atoms with van der Waals surface area (Å²) in [4.78, 5) is 9.79. The average Bonchev–Trinajstić information content (AvgIpc) is 3.84. The van der Waals surface area contributed by atoms with Crippen LogP contribution < -0.4 is 16.4 Å². The van der Waals surface area contributed by atoms with Gasteiger partial charge in [0.05, 0.1) is 22.1 Å². The van der Waals surface area contributed by atoms with Crippen LogP contribution in [-0.2, 0) is 0 Å². The van der Waals surface area contributed by atoms with E-state index >= 15 is 0 Å². The van der Waals surface area contributed by atoms with Crippen LogP contribution in [0.4, 0.5) is 0 Å². The normalized spacial score (nSPS) is 12.9. The highest BCUT2D eigenvalue weighted by Crippen LogP contribution is 2.49. The van der Waals surface area contributed by atoms with Gasteiger partial charge in [0.25, 0.3) is 6.71 Å². The van der Waals surface area contributed by atoms with Crippen molar-refractivity contribution in [3.8, 4) is 33.6 Å². The lowest BCUT2D eigenvalue weighted by Gasteiger charge is -2.34. The van der Waals surface area contributed by atoms with Crippen LogP contribution in [0, 0.1) is 0 Å². The van der Waals surface area contributed by atoms with Crippen molar-refractivity contribution in [2.45, 2.75) is 0 Å². The molecule has 2 aliphatic rings. The van der Waals surface area contributed by atoms with Crippen LogP contribution in [0.5, 0.6) is 0 Å². The average molecular weight is 971 g/mol. The van der Waals surface area contributed by atoms with E-state index in [0.29, 0.717) is 0 Å². The summed E-state index contributed by atoms with van der Waals surface area (Å²) in [6.07, 6.45) is 3.97. The van der Waals surface area contributed by atoms with Gasteiger partial charge in [-0.25, -0.2) is 0 Å². The van der Waals surface area contributed by atoms with Crippen molar-refractivity contribution in [2.24, 2.45) is 0 Å². The highest BCUT2D eigenvalue weighted by atomic mass is 15.0. The van der Waals surface area contributed by atoms with Crippen molar-refractivity contribution in [3.05, 3.63) is 237 Å². The van der Waals surface area contributed by atoms with Crippen LogP contribution in [0.15, 0.2) is 237 Å². The summed E-state index contributed by atoms with van der Waals surface area (Å²) in [5, 5.41) is 22.7. The van der Waals surface area contributed by atoms with E-state index in [1.807, 2.05) is 12.4 Å². The third-order valence-corrected chi connectivity index (χ3v) is 17.9. The molecule has 0 radical (unpaired) electrons. The van der Waals surface area contributed by atoms with Gasteiger partial charge in [-0.05, 0) is 147 Å². The standard InChI is InChI=1S/C72H39BN4/c1-3-18-48-44(14-1)46-16-5-7-22-52(46)66-54(48)30-31-63-68(66)58-37-41(43-33-35-75-62-25-12-10-21-51(43)62)39-60-71(58)76(63)64-26-13-27-65-69(64)73(60)59-38-40(42-32-34-74-61-24-11-9-20-50(42)61)36-57-56-29-28-55-49-19-4-2-15-45(49)47-17-6-8-23-53(47)67(55)72(56)77(65)70(57)59/h1-39H. The Labute approximate surface area is 440 Å². The maximum atomic E-state index is 4.90. The first-order valence-electron chi connectivity index (χ1n) is 26.8. The first kappa shape index (κ1) is 40.3. The van der Waals surface area contributed by atoms with Crippen LogP contribution >= 0.6 is 0 Å². The van der Waals surface area contributed by atoms with Gasteiger partial charge in [0.2, 0.25) is 0 Å². The van der Waals surface area contributed by atoms with E-state index in [1.165, 1.54) is 158 Å². The van der Waals surface area contributed by atoms with Crippen LogP contribution in [-0.4, -0.2) is 25.8 Å². The lowest BCUT2D eigenvalue weighted by atomic mass is 9.34. The Bertz CT molecular complexity index is 5510. The van der Waals surface area contributed by atoms with Gasteiger partial charge in [0, 0.05) is 77.9 Å². The van der Waals surface area contributed by atoms with Gasteiger partial charge in [-0.3, -0.25) is 9.97 Å². The molecule has 350 valence electrons. The van der Waals surface area contributed by atoms with E-state index in [9.17, 15) is 0 Å². The minimum absolute atomic E-state index is 0.117. The molecule has 13 aromatic carbocycles. The van der Waals surface area contributed by atoms with E-state index < -0.39 is 0 Å². The molecule has 0 saturated heterocycles. The third kappa shape index (κ3) is 5.00. The van der Waals surface area contributed by atoms with Gasteiger partial charge in [-0.15, -0.1) is 0 Å². The molecule has 0 fully saturated rings. The summed E-state index contributed by atoms with van der Waals surface area (Å²) >= 11 is 0. The molecule has 19 rings (SSSR count). The molecular weight excluding hydrogens is 932 g/mol. The van der Waals surface area contributed by atoms with Crippen molar-refractivity contribution in [2.75, 3.05) is 0 Å². The molecule has 0 spiro atoms. The molecule has 0 unspecified atom stereocenters. The second kappa shape index (κ2) is 14.4. The maximum Gasteiger partial charge on any atom is 0.252 e. The number of aromatic nitrogens is 4. The molecular formula is C72H39BN4. The molecule has 17 aromatic rings. The molecule has 0 N–H and O–H groups in total. The van der Waals surface area contributed by atoms with E-state index in [0.717, 1.165) is 21.8 Å². The predicted octanol–water partition coefficient (Wildman–Crippen LogP) is 16.4. The maximum absolute atomic E-state index is 4.90. The van der Waals surface area contributed by atoms with Gasteiger partial charge < -0.3 is 9.13 Å². The lowest BCUT2D eigenvalue weighted by Crippen LogP contribution is -2.59. The van der Waals surface area contributed by atoms with Gasteiger partial charge in [-0.1, -0.05) is 170 Å². The Morgan fingerprint density at radius 1 is 0.286 bits per heavy atom. The minimum atomic E-state index is -0.117. The first-order chi connectivity index (χ1) is 38.2. The number of hydrogen-bond acceptors (Lipinski definition) is 2. The molecule has 0 aliphatic carbocycles. The van der Waals surface area contributed by atoms with Crippen molar-refractivity contribution >= 4 is 153 Å². The predicted molar refractivity (Wildman–Crippen MR) is 326 cm³/mol. The fraction of sp³-hybridized carbons (Fsp3) is 0. The molecule has 5 heteroatoms. The highest BCUT2D eigenvalue weighted by Gasteiger charge is 2.42. The zero-order chi connectivity index (χ0) is 49.8. The third-order valence-electron chi connectivity index (χ3n) is 17.9. The summed E-state index contributed by atoms with van der Waals surface area (Å²) < 4.78 is 5.32. The number of rotatable bonds is 2. The highest BCUT2D eigenvalue weighted by molar-refractivity contribution is 7.00. The summed E-state index contributed by atoms with van der Waals surface area (Å²) in [5.74, 6) is 0. The summed E-state index contributed by atoms with van der Waals surface area (Å²) in [6, 6.07) is 84.6. The first-order valence-corrected chi connectivity index (χ1v) is 26.8. The number of hydrogen-bond donors (Lipinski definition) is 0. The van der Waals surface area contributed by atoms with Crippen LogP contribution in [0.3, 0.4) is 0 Å². The lowest BCUT2D eigenvalue weighted by molar-refractivity contribution is 1.15. The molecule has 2 aliphatic heterocycles. The van der Waals surface area contributed by atoms with Gasteiger partial charge in [-0.2, -0.15) is 0 Å². The Morgan fingerprint density at radius 2 is 0.714 bits per heavy atom. The molecule has 0 saturated carbocycles. The van der Waals surface area contributed by atoms with Crippen LogP contribution in [0.2, 0.25) is 0 Å². The Balaban J connectivity index is 1.05. The topological polar surface area (TPSA) is 35.6 Å². The fourth-order valence-corrected chi connectivity index (χ4v) is 15.0. The zero-order valence-corrected chi connectivity index (χ0v) is 41.4. The summed E-state index contributed by atoms with van der Waals surface area (Å²) in [6.45, 7) is -0.117. The quantitative estimate of drug-likeness (QED) is 0.128. The second-order valence-electron chi connectivity index (χ2n) is 21.4. The van der Waals surface area contributed by atoms with Crippen molar-refractivity contribution in [3.63, 3.8) is 0 Å². The fourth-order valence-electron chi connectivity index (χ4n) is 15.0. The Hall–Kier alpha value is -10.1. The number of fused-ring (bicyclic) bond motifs is 26. The summed E-state index contributed by atoms with van der Waals surface area (Å²) in [5.41, 5.74) is 18.1. The van der Waals surface area contributed by atoms with Gasteiger partial charge in [0.15, 0.2) is 0 Å². The van der Waals surface area contributed by atoms with Gasteiger partial charge in [0.1, 0.15) is 0 Å². The van der Waals surface area contributed by atoms with Crippen LogP contribution in [0.1, 0.15) is 0 Å². The number of benzene rings is 13. The van der Waals surface area contributed by atoms with Crippen LogP contribution in [0.25, 0.3) is 164 Å². The molecule has 4 nitrogen and oxygen atoms in total. The summed E-state index contributed by atoms with van der Waals surface area (Å²) in [7, 11) is 0. The smallest absolute Gasteiger partial charge is 0.252 e. The number of para-hydroxylation sites is 2. The molecule has 0 amide bonds. The van der Waals surface area contributed by atoms with Crippen molar-refractivity contribution in [1.82, 2.24) is 19.1 Å². The van der Waals surface area contributed by atoms with E-state index in [-0.39, 0.29) is 6.71 Å². The Kier molecular flexibility index (Phi) is 7.53. The van der Waals surface area contributed by atoms with E-state index in [1.54, 1.807) is 0 Å². The van der Waals surface area contributed by atoms with Crippen molar-refractivity contribution in [1.29, 1.82) is 0 Å². The molecule has 0 atom stereocenters. The van der Waals surface area contributed by atoms with E-state index in [2.05, 4.69) is 234 Å². The number of nitrogens with zero attached hydrogens (tertiary/aromatic N) is 4. The Morgan fingerprint density at radius 3 is 1.30 bits per heavy atom. The SMILES string of the molecule is c1cc2c3c(c1)-n1c4c(cc(-c5ccnc6ccccc56)cc4c4ccc5c6ccccc6c6ccccc6c5c41)B3c1cc(-c3ccnc4ccccc34)cc3c4c5c6ccccc6c6ccccc6c5ccc4n-2c13. The van der Waals surface area contributed by atoms with Gasteiger partial charge >= 0.3 is 0 Å².